The predicted molar refractivity (Wildman–Crippen MR) is 136 cm³/mol. The van der Waals surface area contributed by atoms with Crippen LogP contribution < -0.4 is 5.32 Å². The number of nitrogens with one attached hydrogen (secondary N) is 1. The summed E-state index contributed by atoms with van der Waals surface area (Å²) in [5.41, 5.74) is 2.76. The summed E-state index contributed by atoms with van der Waals surface area (Å²) < 4.78 is 33.0. The van der Waals surface area contributed by atoms with Crippen molar-refractivity contribution in [3.8, 4) is 11.1 Å². The number of carbonyl (C=O) groups is 2. The van der Waals surface area contributed by atoms with E-state index < -0.39 is 16.1 Å². The van der Waals surface area contributed by atoms with Gasteiger partial charge in [-0.25, -0.2) is 17.2 Å². The number of benzene rings is 3. The number of hydrogen-bond donors (Lipinski definition) is 1. The number of likely N-dealkylation sites (tertiary alicyclic amines) is 1. The highest BCUT2D eigenvalue weighted by Gasteiger charge is 2.31. The molecule has 0 saturated carbocycles. The van der Waals surface area contributed by atoms with Crippen molar-refractivity contribution in [2.45, 2.75) is 4.90 Å². The Bertz CT molecular complexity index is 1520. The number of amides is 2. The standard InChI is InChI=1S/C27H25N3O5S/c1-35-27(32)28-15-19-16-29(17-19)26(31)21-11-13-22(14-12-21)36(33,34)30-18-24(20-7-3-2-4-8-20)23-9-5-6-10-25(23)30/h2-14,18-19H,15-17H2,1H3,(H,28,32). The van der Waals surface area contributed by atoms with Gasteiger partial charge in [0.1, 0.15) is 0 Å². The Labute approximate surface area is 209 Å². The number of fused-ring (bicyclic) bond motifs is 1. The average Bonchev–Trinajstić information content (AvgIpc) is 3.28. The van der Waals surface area contributed by atoms with E-state index in [9.17, 15) is 18.0 Å². The molecule has 1 aliphatic rings. The number of hydrogen-bond acceptors (Lipinski definition) is 5. The first-order chi connectivity index (χ1) is 17.4. The maximum absolute atomic E-state index is 13.6. The van der Waals surface area contributed by atoms with E-state index in [4.69, 9.17) is 0 Å². The van der Waals surface area contributed by atoms with Crippen molar-refractivity contribution in [2.75, 3.05) is 26.7 Å². The Kier molecular flexibility index (Phi) is 6.24. The number of para-hydroxylation sites is 1. The van der Waals surface area contributed by atoms with E-state index >= 15 is 0 Å². The Morgan fingerprint density at radius 3 is 2.31 bits per heavy atom. The molecule has 2 heterocycles. The fraction of sp³-hybridized carbons (Fsp3) is 0.185. The fourth-order valence-electron chi connectivity index (χ4n) is 4.43. The van der Waals surface area contributed by atoms with Gasteiger partial charge >= 0.3 is 6.09 Å². The number of ether oxygens (including phenoxy) is 1. The third-order valence-corrected chi connectivity index (χ3v) is 8.07. The van der Waals surface area contributed by atoms with E-state index in [-0.39, 0.29) is 16.7 Å². The van der Waals surface area contributed by atoms with Crippen molar-refractivity contribution < 1.29 is 22.7 Å². The van der Waals surface area contributed by atoms with Crippen LogP contribution in [0.4, 0.5) is 4.79 Å². The van der Waals surface area contributed by atoms with E-state index in [2.05, 4.69) is 10.1 Å². The molecular weight excluding hydrogens is 478 g/mol. The minimum atomic E-state index is -3.89. The van der Waals surface area contributed by atoms with Crippen LogP contribution in [0.3, 0.4) is 0 Å². The van der Waals surface area contributed by atoms with E-state index in [1.165, 1.54) is 23.2 Å². The van der Waals surface area contributed by atoms with Crippen LogP contribution in [0.15, 0.2) is 90.0 Å². The van der Waals surface area contributed by atoms with Crippen molar-refractivity contribution in [2.24, 2.45) is 5.92 Å². The molecule has 0 aliphatic carbocycles. The number of carbonyl (C=O) groups excluding carboxylic acids is 2. The second-order valence-corrected chi connectivity index (χ2v) is 10.5. The lowest BCUT2D eigenvalue weighted by Gasteiger charge is -2.39. The first kappa shape index (κ1) is 23.6. The van der Waals surface area contributed by atoms with Gasteiger partial charge < -0.3 is 15.0 Å². The third kappa shape index (κ3) is 4.33. The third-order valence-electron chi connectivity index (χ3n) is 6.39. The van der Waals surface area contributed by atoms with Crippen molar-refractivity contribution in [3.63, 3.8) is 0 Å². The van der Waals surface area contributed by atoms with Crippen LogP contribution in [0.25, 0.3) is 22.0 Å². The smallest absolute Gasteiger partial charge is 0.406 e. The highest BCUT2D eigenvalue weighted by molar-refractivity contribution is 7.90. The van der Waals surface area contributed by atoms with Gasteiger partial charge in [-0.2, -0.15) is 0 Å². The van der Waals surface area contributed by atoms with Crippen LogP contribution in [-0.2, 0) is 14.8 Å². The van der Waals surface area contributed by atoms with Gasteiger partial charge in [0.2, 0.25) is 0 Å². The second-order valence-electron chi connectivity index (χ2n) is 8.70. The molecule has 5 rings (SSSR count). The summed E-state index contributed by atoms with van der Waals surface area (Å²) in [5.74, 6) is -0.0143. The second kappa shape index (κ2) is 9.50. The zero-order valence-corrected chi connectivity index (χ0v) is 20.4. The molecule has 0 unspecified atom stereocenters. The summed E-state index contributed by atoms with van der Waals surface area (Å²) in [6.45, 7) is 1.46. The van der Waals surface area contributed by atoms with Gasteiger partial charge in [0.15, 0.2) is 0 Å². The van der Waals surface area contributed by atoms with Crippen LogP contribution in [0.2, 0.25) is 0 Å². The number of aromatic nitrogens is 1. The molecule has 1 fully saturated rings. The molecule has 2 amide bonds. The average molecular weight is 504 g/mol. The number of rotatable bonds is 6. The molecule has 0 spiro atoms. The molecule has 1 aliphatic heterocycles. The van der Waals surface area contributed by atoms with Crippen LogP contribution in [-0.4, -0.2) is 56.0 Å². The Morgan fingerprint density at radius 1 is 0.944 bits per heavy atom. The topological polar surface area (TPSA) is 97.7 Å². The molecule has 36 heavy (non-hydrogen) atoms. The van der Waals surface area contributed by atoms with Gasteiger partial charge in [0.05, 0.1) is 17.5 Å². The molecule has 9 heteroatoms. The van der Waals surface area contributed by atoms with E-state index in [0.29, 0.717) is 30.7 Å². The normalized spacial score (nSPS) is 13.9. The monoisotopic (exact) mass is 503 g/mol. The van der Waals surface area contributed by atoms with Crippen molar-refractivity contribution >= 4 is 32.9 Å². The van der Waals surface area contributed by atoms with E-state index in [1.54, 1.807) is 29.3 Å². The molecule has 1 saturated heterocycles. The lowest BCUT2D eigenvalue weighted by molar-refractivity contribution is 0.0500. The highest BCUT2D eigenvalue weighted by atomic mass is 32.2. The van der Waals surface area contributed by atoms with Gasteiger partial charge in [0, 0.05) is 48.3 Å². The molecule has 3 aromatic carbocycles. The fourth-order valence-corrected chi connectivity index (χ4v) is 5.80. The SMILES string of the molecule is COC(=O)NCC1CN(C(=O)c2ccc(S(=O)(=O)n3cc(-c4ccccc4)c4ccccc43)cc2)C1. The summed E-state index contributed by atoms with van der Waals surface area (Å²) in [5, 5.41) is 3.47. The van der Waals surface area contributed by atoms with Crippen molar-refractivity contribution in [1.29, 1.82) is 0 Å². The molecular formula is C27H25N3O5S. The Balaban J connectivity index is 1.36. The molecule has 0 radical (unpaired) electrons. The van der Waals surface area contributed by atoms with E-state index in [0.717, 1.165) is 16.5 Å². The van der Waals surface area contributed by atoms with Crippen molar-refractivity contribution in [3.05, 3.63) is 90.6 Å². The Morgan fingerprint density at radius 2 is 1.61 bits per heavy atom. The quantitative estimate of drug-likeness (QED) is 0.429. The summed E-state index contributed by atoms with van der Waals surface area (Å²) in [4.78, 5) is 25.7. The van der Waals surface area contributed by atoms with Crippen LogP contribution in [0.5, 0.6) is 0 Å². The molecule has 1 N–H and O–H groups in total. The zero-order valence-electron chi connectivity index (χ0n) is 19.6. The largest absolute Gasteiger partial charge is 0.453 e. The number of nitrogens with zero attached hydrogens (tertiary/aromatic N) is 2. The maximum Gasteiger partial charge on any atom is 0.406 e. The first-order valence-corrected chi connectivity index (χ1v) is 12.9. The minimum absolute atomic E-state index is 0.100. The molecule has 4 aromatic rings. The molecule has 8 nitrogen and oxygen atoms in total. The minimum Gasteiger partial charge on any atom is -0.453 e. The van der Waals surface area contributed by atoms with Gasteiger partial charge in [-0.1, -0.05) is 48.5 Å². The van der Waals surface area contributed by atoms with Gasteiger partial charge in [-0.05, 0) is 35.9 Å². The molecule has 0 bridgehead atoms. The van der Waals surface area contributed by atoms with Crippen molar-refractivity contribution in [1.82, 2.24) is 14.2 Å². The summed E-state index contributed by atoms with van der Waals surface area (Å²) in [7, 11) is -2.59. The maximum atomic E-state index is 13.6. The van der Waals surface area contributed by atoms with Gasteiger partial charge in [-0.3, -0.25) is 4.79 Å². The lowest BCUT2D eigenvalue weighted by Crippen LogP contribution is -2.53. The Hall–Kier alpha value is -4.11. The summed E-state index contributed by atoms with van der Waals surface area (Å²) in [6.07, 6.45) is 1.15. The first-order valence-electron chi connectivity index (χ1n) is 11.5. The van der Waals surface area contributed by atoms with Crippen LogP contribution in [0, 0.1) is 5.92 Å². The van der Waals surface area contributed by atoms with Crippen LogP contribution >= 0.6 is 0 Å². The molecule has 0 atom stereocenters. The van der Waals surface area contributed by atoms with E-state index in [1.807, 2.05) is 48.5 Å². The van der Waals surface area contributed by atoms with Crippen LogP contribution in [0.1, 0.15) is 10.4 Å². The van der Waals surface area contributed by atoms with Gasteiger partial charge in [-0.15, -0.1) is 0 Å². The molecule has 184 valence electrons. The lowest BCUT2D eigenvalue weighted by atomic mass is 9.99. The summed E-state index contributed by atoms with van der Waals surface area (Å²) in [6, 6.07) is 23.1. The zero-order chi connectivity index (χ0) is 25.3. The van der Waals surface area contributed by atoms with Gasteiger partial charge in [0.25, 0.3) is 15.9 Å². The number of alkyl carbamates (subject to hydrolysis) is 1. The highest BCUT2D eigenvalue weighted by Crippen LogP contribution is 2.33. The molecule has 1 aromatic heterocycles. The predicted octanol–water partition coefficient (Wildman–Crippen LogP) is 3.97. The summed E-state index contributed by atoms with van der Waals surface area (Å²) >= 11 is 0. The number of methoxy groups -OCH3 is 1.